The minimum absolute atomic E-state index is 0.0247. The normalized spacial score (nSPS) is 16.5. The molecule has 2 aliphatic rings. The molecule has 2 aromatic heterocycles. The third-order valence-corrected chi connectivity index (χ3v) is 9.92. The van der Waals surface area contributed by atoms with E-state index in [1.165, 1.54) is 18.2 Å². The van der Waals surface area contributed by atoms with Gasteiger partial charge in [-0.15, -0.1) is 0 Å². The first kappa shape index (κ1) is 36.4. The number of halogens is 3. The molecule has 3 aromatic carbocycles. The second kappa shape index (κ2) is 15.2. The van der Waals surface area contributed by atoms with Gasteiger partial charge in [-0.2, -0.15) is 0 Å². The molecule has 1 atom stereocenters. The molecule has 2 aliphatic heterocycles. The Morgan fingerprint density at radius 3 is 2.37 bits per heavy atom. The number of imide groups is 1. The fourth-order valence-corrected chi connectivity index (χ4v) is 7.10. The largest absolute Gasteiger partial charge is 0.385 e. The van der Waals surface area contributed by atoms with Gasteiger partial charge in [0.1, 0.15) is 28.9 Å². The number of aryl methyl sites for hydroxylation is 1. The van der Waals surface area contributed by atoms with Crippen LogP contribution in [-0.2, 0) is 9.59 Å². The lowest BCUT2D eigenvalue weighted by Crippen LogP contribution is -2.52. The van der Waals surface area contributed by atoms with E-state index in [2.05, 4.69) is 41.1 Å². The second-order valence-corrected chi connectivity index (χ2v) is 14.0. The number of hydrogen-bond acceptors (Lipinski definition) is 9. The molecule has 280 valence electrons. The van der Waals surface area contributed by atoms with Crippen molar-refractivity contribution >= 4 is 51.8 Å². The number of piperidine rings is 2. The van der Waals surface area contributed by atoms with Crippen LogP contribution >= 0.6 is 0 Å². The Morgan fingerprint density at radius 1 is 0.926 bits per heavy atom. The van der Waals surface area contributed by atoms with E-state index >= 15 is 8.78 Å². The van der Waals surface area contributed by atoms with Crippen molar-refractivity contribution in [1.29, 1.82) is 0 Å². The van der Waals surface area contributed by atoms with E-state index in [4.69, 9.17) is 0 Å². The number of imidazole rings is 1. The molecule has 2 fully saturated rings. The Bertz CT molecular complexity index is 2230. The number of hydrogen-bond donors (Lipinski definition) is 4. The number of amides is 3. The van der Waals surface area contributed by atoms with Crippen molar-refractivity contribution in [3.63, 3.8) is 0 Å². The van der Waals surface area contributed by atoms with Crippen LogP contribution in [0, 0.1) is 30.3 Å². The molecule has 0 spiro atoms. The molecule has 0 saturated carbocycles. The van der Waals surface area contributed by atoms with Crippen LogP contribution in [0.1, 0.15) is 61.8 Å². The van der Waals surface area contributed by atoms with Crippen LogP contribution < -0.4 is 26.2 Å². The van der Waals surface area contributed by atoms with E-state index < -0.39 is 41.2 Å². The van der Waals surface area contributed by atoms with Gasteiger partial charge in [0, 0.05) is 54.7 Å². The summed E-state index contributed by atoms with van der Waals surface area (Å²) < 4.78 is 47.0. The third-order valence-electron chi connectivity index (χ3n) is 9.92. The number of benzene rings is 3. The van der Waals surface area contributed by atoms with Gasteiger partial charge in [-0.05, 0) is 101 Å². The number of carbonyl (C=O) groups is 3. The SMILES string of the molecule is Cc1nc2c(F)cc(-c3nc(Nc4ccc(NCC5CCN(c6ccc(C(=O)NC7CCC(=O)NC7=O)c(F)c6)CC5)cc4)ncc3F)cc2n1C(C)C. The Labute approximate surface area is 309 Å². The van der Waals surface area contributed by atoms with Crippen molar-refractivity contribution in [3.8, 4) is 11.3 Å². The maximum atomic E-state index is 15.1. The zero-order chi connectivity index (χ0) is 38.1. The van der Waals surface area contributed by atoms with Crippen molar-refractivity contribution < 1.29 is 27.6 Å². The van der Waals surface area contributed by atoms with Crippen LogP contribution in [0.5, 0.6) is 0 Å². The van der Waals surface area contributed by atoms with Gasteiger partial charge in [0.15, 0.2) is 11.6 Å². The molecule has 7 rings (SSSR count). The van der Waals surface area contributed by atoms with Crippen LogP contribution in [0.3, 0.4) is 0 Å². The lowest BCUT2D eigenvalue weighted by Gasteiger charge is -2.34. The number of nitrogens with one attached hydrogen (secondary N) is 4. The van der Waals surface area contributed by atoms with E-state index in [1.54, 1.807) is 12.1 Å². The minimum Gasteiger partial charge on any atom is -0.385 e. The molecule has 54 heavy (non-hydrogen) atoms. The Morgan fingerprint density at radius 2 is 1.67 bits per heavy atom. The van der Waals surface area contributed by atoms with Crippen molar-refractivity contribution in [2.75, 3.05) is 35.2 Å². The van der Waals surface area contributed by atoms with Crippen LogP contribution in [0.4, 0.5) is 36.2 Å². The molecule has 0 bridgehead atoms. The van der Waals surface area contributed by atoms with Crippen molar-refractivity contribution in [2.24, 2.45) is 5.92 Å². The maximum Gasteiger partial charge on any atom is 0.254 e. The fourth-order valence-electron chi connectivity index (χ4n) is 7.10. The smallest absolute Gasteiger partial charge is 0.254 e. The standard InChI is InChI=1S/C39H40F3N9O3/c1-21(2)51-22(3)45-36-30(41)16-24(17-33(36)51)35-31(42)20-44-39(49-35)46-26-6-4-25(5-7-26)43-19-23-12-14-50(15-13-23)27-8-9-28(29(40)18-27)37(53)47-32-10-11-34(52)48-38(32)54/h4-9,16-18,20-21,23,32,43H,10-15,19H2,1-3H3,(H,47,53)(H,44,46,49)(H,48,52,54). The third kappa shape index (κ3) is 7.70. The fraction of sp³-hybridized carbons (Fsp3) is 0.333. The van der Waals surface area contributed by atoms with E-state index in [0.29, 0.717) is 28.6 Å². The number of rotatable bonds is 10. The molecule has 2 saturated heterocycles. The summed E-state index contributed by atoms with van der Waals surface area (Å²) in [6.07, 6.45) is 3.11. The summed E-state index contributed by atoms with van der Waals surface area (Å²) in [6, 6.07) is 14.1. The van der Waals surface area contributed by atoms with Gasteiger partial charge in [0.25, 0.3) is 5.91 Å². The Hall–Kier alpha value is -5.99. The van der Waals surface area contributed by atoms with Gasteiger partial charge in [-0.25, -0.2) is 28.1 Å². The highest BCUT2D eigenvalue weighted by Crippen LogP contribution is 2.31. The average molecular weight is 740 g/mol. The van der Waals surface area contributed by atoms with Crippen molar-refractivity contribution in [1.82, 2.24) is 30.2 Å². The lowest BCUT2D eigenvalue weighted by molar-refractivity contribution is -0.134. The average Bonchev–Trinajstić information content (AvgIpc) is 3.50. The monoisotopic (exact) mass is 739 g/mol. The summed E-state index contributed by atoms with van der Waals surface area (Å²) >= 11 is 0. The molecule has 0 radical (unpaired) electrons. The van der Waals surface area contributed by atoms with Gasteiger partial charge in [-0.1, -0.05) is 0 Å². The number of anilines is 4. The van der Waals surface area contributed by atoms with Crippen LogP contribution in [0.15, 0.2) is 60.8 Å². The zero-order valence-electron chi connectivity index (χ0n) is 30.1. The predicted octanol–water partition coefficient (Wildman–Crippen LogP) is 6.41. The first-order valence-electron chi connectivity index (χ1n) is 17.9. The van der Waals surface area contributed by atoms with Crippen LogP contribution in [-0.4, -0.2) is 62.9 Å². The summed E-state index contributed by atoms with van der Waals surface area (Å²) in [5.41, 5.74) is 3.18. The van der Waals surface area contributed by atoms with Gasteiger partial charge in [-0.3, -0.25) is 19.7 Å². The molecular weight excluding hydrogens is 699 g/mol. The van der Waals surface area contributed by atoms with Gasteiger partial charge in [0.2, 0.25) is 17.8 Å². The number of carbonyl (C=O) groups excluding carboxylic acids is 3. The van der Waals surface area contributed by atoms with E-state index in [-0.39, 0.29) is 47.2 Å². The highest BCUT2D eigenvalue weighted by atomic mass is 19.1. The molecule has 4 N–H and O–H groups in total. The summed E-state index contributed by atoms with van der Waals surface area (Å²) in [4.78, 5) is 50.9. The predicted molar refractivity (Wildman–Crippen MR) is 199 cm³/mol. The second-order valence-electron chi connectivity index (χ2n) is 14.0. The number of fused-ring (bicyclic) bond motifs is 1. The molecule has 4 heterocycles. The summed E-state index contributed by atoms with van der Waals surface area (Å²) in [7, 11) is 0. The maximum absolute atomic E-state index is 15.1. The highest BCUT2D eigenvalue weighted by Gasteiger charge is 2.29. The summed E-state index contributed by atoms with van der Waals surface area (Å²) in [6.45, 7) is 7.95. The van der Waals surface area contributed by atoms with Gasteiger partial charge >= 0.3 is 0 Å². The first-order chi connectivity index (χ1) is 25.9. The summed E-state index contributed by atoms with van der Waals surface area (Å²) in [5.74, 6) is -2.36. The topological polar surface area (TPSA) is 146 Å². The molecule has 15 heteroatoms. The van der Waals surface area contributed by atoms with Gasteiger partial charge < -0.3 is 25.4 Å². The lowest BCUT2D eigenvalue weighted by atomic mass is 9.96. The van der Waals surface area contributed by atoms with Crippen molar-refractivity contribution in [3.05, 3.63) is 89.6 Å². The molecule has 3 amide bonds. The van der Waals surface area contributed by atoms with E-state index in [9.17, 15) is 18.8 Å². The van der Waals surface area contributed by atoms with E-state index in [0.717, 1.165) is 44.4 Å². The number of aromatic nitrogens is 4. The molecule has 12 nitrogen and oxygen atoms in total. The van der Waals surface area contributed by atoms with Crippen molar-refractivity contribution in [2.45, 2.75) is 58.5 Å². The minimum atomic E-state index is -0.880. The quantitative estimate of drug-likeness (QED) is 0.120. The zero-order valence-corrected chi connectivity index (χ0v) is 30.1. The molecule has 1 unspecified atom stereocenters. The first-order valence-corrected chi connectivity index (χ1v) is 17.9. The Kier molecular flexibility index (Phi) is 10.2. The summed E-state index contributed by atoms with van der Waals surface area (Å²) in [5, 5.41) is 11.3. The Balaban J connectivity index is 0.914. The molecular formula is C39H40F3N9O3. The van der Waals surface area contributed by atoms with Gasteiger partial charge in [0.05, 0.1) is 17.3 Å². The number of nitrogens with zero attached hydrogens (tertiary/aromatic N) is 5. The molecule has 5 aromatic rings. The molecule has 0 aliphatic carbocycles. The van der Waals surface area contributed by atoms with Crippen LogP contribution in [0.25, 0.3) is 22.3 Å². The highest BCUT2D eigenvalue weighted by molar-refractivity contribution is 6.04. The van der Waals surface area contributed by atoms with E-state index in [1.807, 2.05) is 49.6 Å². The van der Waals surface area contributed by atoms with Crippen LogP contribution in [0.2, 0.25) is 0 Å².